The Balaban J connectivity index is 0.00000243. The fraction of sp³-hybridized carbons (Fsp3) is 0.167. The van der Waals surface area contributed by atoms with Gasteiger partial charge in [-0.15, -0.1) is 12.4 Å². The molecule has 0 saturated carbocycles. The third kappa shape index (κ3) is 4.59. The van der Waals surface area contributed by atoms with Crippen molar-refractivity contribution in [2.24, 2.45) is 0 Å². The molecule has 7 nitrogen and oxygen atoms in total. The fourth-order valence-electron chi connectivity index (χ4n) is 2.38. The molecule has 0 saturated heterocycles. The molecule has 1 heterocycles. The topological polar surface area (TPSA) is 107 Å². The molecule has 4 N–H and O–H groups in total. The number of halogens is 1. The van der Waals surface area contributed by atoms with Crippen LogP contribution < -0.4 is 10.6 Å². The van der Waals surface area contributed by atoms with E-state index in [1.807, 2.05) is 24.3 Å². The molecule has 8 heteroatoms. The quantitative estimate of drug-likeness (QED) is 0.470. The van der Waals surface area contributed by atoms with Crippen LogP contribution in [0.25, 0.3) is 10.9 Å². The average Bonchev–Trinajstić information content (AvgIpc) is 2.62. The first kappa shape index (κ1) is 19.4. The lowest BCUT2D eigenvalue weighted by molar-refractivity contribution is 0.0697. The minimum absolute atomic E-state index is 0. The molecule has 0 fully saturated rings. The van der Waals surface area contributed by atoms with Gasteiger partial charge in [0.05, 0.1) is 11.1 Å². The molecule has 2 aromatic carbocycles. The lowest BCUT2D eigenvalue weighted by atomic mass is 10.2. The SMILES string of the molecule is Cl.O=C(O)c1ccc(Nc2nc(NCCCO)c3ccccc3n2)cc1. The number of rotatable bonds is 7. The molecule has 0 radical (unpaired) electrons. The Morgan fingerprint density at radius 3 is 2.46 bits per heavy atom. The standard InChI is InChI=1S/C18H18N4O3.ClH/c23-11-3-10-19-16-14-4-1-2-5-15(14)21-18(22-16)20-13-8-6-12(7-9-13)17(24)25;/h1-2,4-9,23H,3,10-11H2,(H,24,25)(H2,19,20,21,22);1H. The molecule has 0 aliphatic heterocycles. The number of aliphatic hydroxyl groups is 1. The van der Waals surface area contributed by atoms with Crippen LogP contribution in [-0.2, 0) is 0 Å². The number of hydrogen-bond donors (Lipinski definition) is 4. The van der Waals surface area contributed by atoms with E-state index < -0.39 is 5.97 Å². The van der Waals surface area contributed by atoms with E-state index in [0.29, 0.717) is 30.4 Å². The summed E-state index contributed by atoms with van der Waals surface area (Å²) in [7, 11) is 0. The molecule has 0 aliphatic rings. The maximum Gasteiger partial charge on any atom is 0.335 e. The van der Waals surface area contributed by atoms with Crippen LogP contribution in [0.15, 0.2) is 48.5 Å². The zero-order valence-corrected chi connectivity index (χ0v) is 14.7. The molecule has 1 aromatic heterocycles. The number of benzene rings is 2. The van der Waals surface area contributed by atoms with Crippen molar-refractivity contribution >= 4 is 46.7 Å². The van der Waals surface area contributed by atoms with Crippen LogP contribution in [0.1, 0.15) is 16.8 Å². The fourth-order valence-corrected chi connectivity index (χ4v) is 2.38. The number of anilines is 3. The highest BCUT2D eigenvalue weighted by Crippen LogP contribution is 2.23. The van der Waals surface area contributed by atoms with Crippen molar-refractivity contribution < 1.29 is 15.0 Å². The zero-order chi connectivity index (χ0) is 17.6. The maximum atomic E-state index is 10.9. The van der Waals surface area contributed by atoms with Crippen molar-refractivity contribution in [3.05, 3.63) is 54.1 Å². The third-order valence-corrected chi connectivity index (χ3v) is 3.62. The van der Waals surface area contributed by atoms with E-state index in [-0.39, 0.29) is 24.6 Å². The molecule has 0 amide bonds. The maximum absolute atomic E-state index is 10.9. The number of carboxylic acids is 1. The highest BCUT2D eigenvalue weighted by molar-refractivity contribution is 5.90. The first-order chi connectivity index (χ1) is 12.2. The molecule has 3 rings (SSSR count). The van der Waals surface area contributed by atoms with Gasteiger partial charge in [0.2, 0.25) is 5.95 Å². The summed E-state index contributed by atoms with van der Waals surface area (Å²) in [5.74, 6) is 0.126. The number of aliphatic hydroxyl groups excluding tert-OH is 1. The van der Waals surface area contributed by atoms with Crippen molar-refractivity contribution in [3.8, 4) is 0 Å². The summed E-state index contributed by atoms with van der Waals surface area (Å²) in [5, 5.41) is 25.1. The van der Waals surface area contributed by atoms with Gasteiger partial charge in [-0.3, -0.25) is 0 Å². The van der Waals surface area contributed by atoms with E-state index in [0.717, 1.165) is 10.9 Å². The van der Waals surface area contributed by atoms with Gasteiger partial charge in [0, 0.05) is 24.2 Å². The molecule has 136 valence electrons. The summed E-state index contributed by atoms with van der Waals surface area (Å²) in [6.07, 6.45) is 0.623. The number of aromatic carboxylic acids is 1. The average molecular weight is 375 g/mol. The first-order valence-electron chi connectivity index (χ1n) is 7.89. The van der Waals surface area contributed by atoms with Gasteiger partial charge < -0.3 is 20.8 Å². The first-order valence-corrected chi connectivity index (χ1v) is 7.89. The van der Waals surface area contributed by atoms with E-state index in [1.165, 1.54) is 12.1 Å². The second-order valence-corrected chi connectivity index (χ2v) is 5.42. The lowest BCUT2D eigenvalue weighted by Gasteiger charge is -2.11. The minimum atomic E-state index is -0.969. The number of aromatic nitrogens is 2. The smallest absolute Gasteiger partial charge is 0.335 e. The Hall–Kier alpha value is -2.90. The molecular weight excluding hydrogens is 356 g/mol. The molecule has 3 aromatic rings. The molecule has 0 bridgehead atoms. The normalized spacial score (nSPS) is 10.2. The predicted molar refractivity (Wildman–Crippen MR) is 104 cm³/mol. The van der Waals surface area contributed by atoms with E-state index in [4.69, 9.17) is 10.2 Å². The number of nitrogens with one attached hydrogen (secondary N) is 2. The second-order valence-electron chi connectivity index (χ2n) is 5.42. The molecule has 0 atom stereocenters. The van der Waals surface area contributed by atoms with Crippen molar-refractivity contribution in [2.75, 3.05) is 23.8 Å². The highest BCUT2D eigenvalue weighted by Gasteiger charge is 2.08. The van der Waals surface area contributed by atoms with E-state index >= 15 is 0 Å². The van der Waals surface area contributed by atoms with E-state index in [9.17, 15) is 4.79 Å². The summed E-state index contributed by atoms with van der Waals surface area (Å²) in [4.78, 5) is 19.9. The largest absolute Gasteiger partial charge is 0.478 e. The van der Waals surface area contributed by atoms with Crippen LogP contribution in [0.2, 0.25) is 0 Å². The molecular formula is C18H19ClN4O3. The Bertz CT molecular complexity index is 887. The molecule has 0 unspecified atom stereocenters. The number of hydrogen-bond acceptors (Lipinski definition) is 6. The Labute approximate surface area is 156 Å². The van der Waals surface area contributed by atoms with Gasteiger partial charge in [0.25, 0.3) is 0 Å². The van der Waals surface area contributed by atoms with Crippen molar-refractivity contribution in [1.82, 2.24) is 9.97 Å². The van der Waals surface area contributed by atoms with Crippen LogP contribution in [0.4, 0.5) is 17.5 Å². The summed E-state index contributed by atoms with van der Waals surface area (Å²) >= 11 is 0. The van der Waals surface area contributed by atoms with E-state index in [1.54, 1.807) is 12.1 Å². The van der Waals surface area contributed by atoms with Crippen LogP contribution in [-0.4, -0.2) is 39.3 Å². The number of para-hydroxylation sites is 1. The summed E-state index contributed by atoms with van der Waals surface area (Å²) in [6.45, 7) is 0.710. The second kappa shape index (κ2) is 8.98. The van der Waals surface area contributed by atoms with Crippen molar-refractivity contribution in [1.29, 1.82) is 0 Å². The van der Waals surface area contributed by atoms with Gasteiger partial charge in [0.1, 0.15) is 5.82 Å². The van der Waals surface area contributed by atoms with Crippen molar-refractivity contribution in [2.45, 2.75) is 6.42 Å². The highest BCUT2D eigenvalue weighted by atomic mass is 35.5. The van der Waals surface area contributed by atoms with Crippen LogP contribution in [0.3, 0.4) is 0 Å². The van der Waals surface area contributed by atoms with Gasteiger partial charge in [-0.25, -0.2) is 9.78 Å². The third-order valence-electron chi connectivity index (χ3n) is 3.62. The molecule has 0 aliphatic carbocycles. The number of fused-ring (bicyclic) bond motifs is 1. The van der Waals surface area contributed by atoms with Gasteiger partial charge >= 0.3 is 5.97 Å². The lowest BCUT2D eigenvalue weighted by Crippen LogP contribution is -2.08. The van der Waals surface area contributed by atoms with Crippen molar-refractivity contribution in [3.63, 3.8) is 0 Å². The Morgan fingerprint density at radius 1 is 1.04 bits per heavy atom. The predicted octanol–water partition coefficient (Wildman–Crippen LogP) is 3.29. The van der Waals surface area contributed by atoms with Gasteiger partial charge in [-0.2, -0.15) is 4.98 Å². The number of carboxylic acid groups (broad SMARTS) is 1. The van der Waals surface area contributed by atoms with Gasteiger partial charge in [-0.05, 0) is 42.8 Å². The summed E-state index contributed by atoms with van der Waals surface area (Å²) in [5.41, 5.74) is 1.70. The number of carbonyl (C=O) groups is 1. The summed E-state index contributed by atoms with van der Waals surface area (Å²) < 4.78 is 0. The van der Waals surface area contributed by atoms with E-state index in [2.05, 4.69) is 20.6 Å². The Kier molecular flexibility index (Phi) is 6.71. The zero-order valence-electron chi connectivity index (χ0n) is 13.8. The van der Waals surface area contributed by atoms with Crippen LogP contribution in [0.5, 0.6) is 0 Å². The van der Waals surface area contributed by atoms with Gasteiger partial charge in [-0.1, -0.05) is 12.1 Å². The molecule has 0 spiro atoms. The monoisotopic (exact) mass is 374 g/mol. The van der Waals surface area contributed by atoms with Crippen LogP contribution >= 0.6 is 12.4 Å². The number of nitrogens with zero attached hydrogens (tertiary/aromatic N) is 2. The Morgan fingerprint density at radius 2 is 1.77 bits per heavy atom. The van der Waals surface area contributed by atoms with Crippen LogP contribution in [0, 0.1) is 0 Å². The minimum Gasteiger partial charge on any atom is -0.478 e. The summed E-state index contributed by atoms with van der Waals surface area (Å²) in [6, 6.07) is 14.0. The molecule has 26 heavy (non-hydrogen) atoms. The van der Waals surface area contributed by atoms with Gasteiger partial charge in [0.15, 0.2) is 0 Å².